The zero-order valence-corrected chi connectivity index (χ0v) is 14.8. The zero-order chi connectivity index (χ0) is 19.7. The van der Waals surface area contributed by atoms with Crippen molar-refractivity contribution < 1.29 is 25.2 Å². The Bertz CT molecular complexity index is 937. The number of aromatic nitrogens is 4. The smallest absolute Gasteiger partial charge is 0.167 e. The standard InChI is InChI=1S/C18H21N5O5/c24-6-11(10-4-2-1-3-5-10)22-16-13-17(20-8-19-16)23(9-21-13)18-15(27)14(26)12(7-25)28-18/h1-5,8-9,11-12,14-15,18,24-27H,6-7H2,(H,19,20,22)/t11-,12-,14-,15-,18-/m1/s1. The lowest BCUT2D eigenvalue weighted by Crippen LogP contribution is -2.33. The van der Waals surface area contributed by atoms with Crippen molar-refractivity contribution in [2.75, 3.05) is 18.5 Å². The SMILES string of the molecule is OC[C@@H](Nc1ncnc2c1ncn2[C@@H]1O[C@H](CO)[C@@H](O)[C@H]1O)c1ccccc1. The van der Waals surface area contributed by atoms with Crippen LogP contribution >= 0.6 is 0 Å². The van der Waals surface area contributed by atoms with Crippen LogP contribution < -0.4 is 5.32 Å². The van der Waals surface area contributed by atoms with Crippen LogP contribution in [0.15, 0.2) is 43.0 Å². The van der Waals surface area contributed by atoms with Crippen LogP contribution in [0.25, 0.3) is 11.2 Å². The van der Waals surface area contributed by atoms with Gasteiger partial charge in [-0.25, -0.2) is 15.0 Å². The van der Waals surface area contributed by atoms with Crippen LogP contribution in [0.4, 0.5) is 5.82 Å². The molecule has 2 aromatic heterocycles. The molecule has 0 radical (unpaired) electrons. The summed E-state index contributed by atoms with van der Waals surface area (Å²) >= 11 is 0. The Balaban J connectivity index is 1.66. The molecule has 1 aromatic carbocycles. The van der Waals surface area contributed by atoms with Gasteiger partial charge in [0.2, 0.25) is 0 Å². The summed E-state index contributed by atoms with van der Waals surface area (Å²) in [5, 5.41) is 42.5. The minimum Gasteiger partial charge on any atom is -0.394 e. The lowest BCUT2D eigenvalue weighted by molar-refractivity contribution is -0.0511. The summed E-state index contributed by atoms with van der Waals surface area (Å²) in [6.07, 6.45) is -1.53. The monoisotopic (exact) mass is 387 g/mol. The third-order valence-corrected chi connectivity index (χ3v) is 4.85. The molecule has 0 unspecified atom stereocenters. The summed E-state index contributed by atoms with van der Waals surface area (Å²) in [6.45, 7) is -0.566. The van der Waals surface area contributed by atoms with Crippen molar-refractivity contribution in [2.45, 2.75) is 30.6 Å². The second kappa shape index (κ2) is 7.78. The van der Waals surface area contributed by atoms with E-state index in [-0.39, 0.29) is 6.61 Å². The summed E-state index contributed by atoms with van der Waals surface area (Å²) in [6, 6.07) is 9.05. The molecule has 0 spiro atoms. The Hall–Kier alpha value is -2.63. The highest BCUT2D eigenvalue weighted by molar-refractivity contribution is 5.83. The predicted molar refractivity (Wildman–Crippen MR) is 98.2 cm³/mol. The number of nitrogens with zero attached hydrogens (tertiary/aromatic N) is 4. The Morgan fingerprint density at radius 2 is 1.86 bits per heavy atom. The van der Waals surface area contributed by atoms with Crippen LogP contribution in [-0.2, 0) is 4.74 Å². The Morgan fingerprint density at radius 3 is 2.54 bits per heavy atom. The van der Waals surface area contributed by atoms with Gasteiger partial charge in [0.25, 0.3) is 0 Å². The van der Waals surface area contributed by atoms with Crippen molar-refractivity contribution in [1.82, 2.24) is 19.5 Å². The maximum atomic E-state index is 10.3. The highest BCUT2D eigenvalue weighted by Gasteiger charge is 2.44. The quantitative estimate of drug-likeness (QED) is 0.381. The number of anilines is 1. The van der Waals surface area contributed by atoms with Gasteiger partial charge in [0, 0.05) is 0 Å². The van der Waals surface area contributed by atoms with E-state index in [2.05, 4.69) is 20.3 Å². The Labute approximate surface area is 160 Å². The normalized spacial score (nSPS) is 25.9. The third kappa shape index (κ3) is 3.21. The Kier molecular flexibility index (Phi) is 5.20. The van der Waals surface area contributed by atoms with Crippen LogP contribution in [-0.4, -0.2) is 71.5 Å². The molecule has 0 saturated carbocycles. The fourth-order valence-corrected chi connectivity index (χ4v) is 3.34. The van der Waals surface area contributed by atoms with Crippen molar-refractivity contribution in [1.29, 1.82) is 0 Å². The van der Waals surface area contributed by atoms with Gasteiger partial charge < -0.3 is 30.5 Å². The van der Waals surface area contributed by atoms with E-state index in [4.69, 9.17) is 4.74 Å². The molecule has 5 N–H and O–H groups in total. The van der Waals surface area contributed by atoms with E-state index in [9.17, 15) is 20.4 Å². The molecular formula is C18H21N5O5. The van der Waals surface area contributed by atoms with Crippen molar-refractivity contribution in [3.63, 3.8) is 0 Å². The molecule has 4 rings (SSSR count). The molecule has 3 heterocycles. The van der Waals surface area contributed by atoms with E-state index in [0.29, 0.717) is 17.0 Å². The molecule has 10 nitrogen and oxygen atoms in total. The molecule has 10 heteroatoms. The lowest BCUT2D eigenvalue weighted by atomic mass is 10.1. The van der Waals surface area contributed by atoms with Gasteiger partial charge in [-0.1, -0.05) is 30.3 Å². The number of ether oxygens (including phenoxy) is 1. The largest absolute Gasteiger partial charge is 0.394 e. The molecule has 0 amide bonds. The number of benzene rings is 1. The van der Waals surface area contributed by atoms with Gasteiger partial charge >= 0.3 is 0 Å². The summed E-state index contributed by atoms with van der Waals surface area (Å²) in [5.74, 6) is 0.415. The summed E-state index contributed by atoms with van der Waals surface area (Å²) in [4.78, 5) is 12.8. The summed E-state index contributed by atoms with van der Waals surface area (Å²) < 4.78 is 7.04. The van der Waals surface area contributed by atoms with E-state index < -0.39 is 37.2 Å². The molecule has 1 aliphatic rings. The average molecular weight is 387 g/mol. The fraction of sp³-hybridized carbons (Fsp3) is 0.389. The number of hydrogen-bond donors (Lipinski definition) is 5. The van der Waals surface area contributed by atoms with Crippen LogP contribution in [0.5, 0.6) is 0 Å². The molecule has 0 aliphatic carbocycles. The van der Waals surface area contributed by atoms with Gasteiger partial charge in [-0.15, -0.1) is 0 Å². The van der Waals surface area contributed by atoms with Gasteiger partial charge in [0.1, 0.15) is 24.6 Å². The van der Waals surface area contributed by atoms with Gasteiger partial charge in [-0.2, -0.15) is 0 Å². The van der Waals surface area contributed by atoms with E-state index in [1.165, 1.54) is 17.2 Å². The first kappa shape index (κ1) is 18.7. The van der Waals surface area contributed by atoms with Gasteiger partial charge in [0.05, 0.1) is 25.6 Å². The first-order valence-electron chi connectivity index (χ1n) is 8.86. The van der Waals surface area contributed by atoms with Crippen LogP contribution in [0.1, 0.15) is 17.8 Å². The van der Waals surface area contributed by atoms with E-state index >= 15 is 0 Å². The molecule has 3 aromatic rings. The Morgan fingerprint density at radius 1 is 1.07 bits per heavy atom. The van der Waals surface area contributed by atoms with Crippen molar-refractivity contribution in [3.8, 4) is 0 Å². The molecule has 5 atom stereocenters. The number of imidazole rings is 1. The lowest BCUT2D eigenvalue weighted by Gasteiger charge is -2.18. The second-order valence-corrected chi connectivity index (χ2v) is 6.57. The number of rotatable bonds is 6. The van der Waals surface area contributed by atoms with Gasteiger partial charge in [0.15, 0.2) is 23.2 Å². The van der Waals surface area contributed by atoms with Gasteiger partial charge in [-0.05, 0) is 5.56 Å². The molecule has 1 saturated heterocycles. The minimum absolute atomic E-state index is 0.148. The third-order valence-electron chi connectivity index (χ3n) is 4.85. The second-order valence-electron chi connectivity index (χ2n) is 6.57. The maximum Gasteiger partial charge on any atom is 0.167 e. The summed E-state index contributed by atoms with van der Waals surface area (Å²) in [7, 11) is 0. The fourth-order valence-electron chi connectivity index (χ4n) is 3.34. The highest BCUT2D eigenvalue weighted by atomic mass is 16.6. The number of fused-ring (bicyclic) bond motifs is 1. The predicted octanol–water partition coefficient (Wildman–Crippen LogP) is -0.417. The summed E-state index contributed by atoms with van der Waals surface area (Å²) in [5.41, 5.74) is 1.70. The number of aliphatic hydroxyl groups is 4. The van der Waals surface area contributed by atoms with Crippen molar-refractivity contribution >= 4 is 17.0 Å². The zero-order valence-electron chi connectivity index (χ0n) is 14.8. The van der Waals surface area contributed by atoms with Crippen molar-refractivity contribution in [2.24, 2.45) is 0 Å². The van der Waals surface area contributed by atoms with Crippen LogP contribution in [0.2, 0.25) is 0 Å². The maximum absolute atomic E-state index is 10.3. The number of hydrogen-bond acceptors (Lipinski definition) is 9. The number of nitrogens with one attached hydrogen (secondary N) is 1. The first-order valence-corrected chi connectivity index (χ1v) is 8.86. The van der Waals surface area contributed by atoms with E-state index in [0.717, 1.165) is 5.56 Å². The van der Waals surface area contributed by atoms with E-state index in [1.807, 2.05) is 30.3 Å². The van der Waals surface area contributed by atoms with Gasteiger partial charge in [-0.3, -0.25) is 4.57 Å². The molecular weight excluding hydrogens is 366 g/mol. The molecule has 28 heavy (non-hydrogen) atoms. The van der Waals surface area contributed by atoms with Crippen molar-refractivity contribution in [3.05, 3.63) is 48.5 Å². The average Bonchev–Trinajstić information content (AvgIpc) is 3.28. The molecule has 148 valence electrons. The molecule has 1 fully saturated rings. The number of aliphatic hydroxyl groups excluding tert-OH is 4. The minimum atomic E-state index is -1.24. The topological polar surface area (TPSA) is 146 Å². The molecule has 1 aliphatic heterocycles. The van der Waals surface area contributed by atoms with Crippen LogP contribution in [0.3, 0.4) is 0 Å². The molecule has 0 bridgehead atoms. The highest BCUT2D eigenvalue weighted by Crippen LogP contribution is 2.32. The first-order chi connectivity index (χ1) is 13.6. The van der Waals surface area contributed by atoms with E-state index in [1.54, 1.807) is 0 Å². The van der Waals surface area contributed by atoms with Crippen LogP contribution in [0, 0.1) is 0 Å².